The van der Waals surface area contributed by atoms with Gasteiger partial charge in [0.25, 0.3) is 0 Å². The van der Waals surface area contributed by atoms with Crippen LogP contribution in [0.5, 0.6) is 0 Å². The van der Waals surface area contributed by atoms with Gasteiger partial charge in [-0.15, -0.1) is 0 Å². The minimum absolute atomic E-state index is 0.0893. The van der Waals surface area contributed by atoms with Crippen molar-refractivity contribution < 1.29 is 0 Å². The highest BCUT2D eigenvalue weighted by atomic mass is 32.1. The molecule has 0 bridgehead atoms. The van der Waals surface area contributed by atoms with E-state index in [1.165, 1.54) is 0 Å². The molecule has 1 N–H and O–H groups in total. The number of aryl methyl sites for hydroxylation is 1. The summed E-state index contributed by atoms with van der Waals surface area (Å²) in [5.74, 6) is 0. The second-order valence-corrected chi connectivity index (χ2v) is 4.13. The Bertz CT molecular complexity index is 780. The van der Waals surface area contributed by atoms with Crippen molar-refractivity contribution in [2.45, 2.75) is 6.92 Å². The van der Waals surface area contributed by atoms with Crippen LogP contribution in [0.2, 0.25) is 0 Å². The minimum atomic E-state index is -0.262. The van der Waals surface area contributed by atoms with Gasteiger partial charge in [0.05, 0.1) is 17.4 Å². The maximum atomic E-state index is 9.03. The molecule has 19 heavy (non-hydrogen) atoms. The van der Waals surface area contributed by atoms with Gasteiger partial charge in [0.1, 0.15) is 34.9 Å². The molecule has 90 valence electrons. The van der Waals surface area contributed by atoms with E-state index in [0.29, 0.717) is 16.7 Å². The monoisotopic (exact) mass is 266 g/mol. The van der Waals surface area contributed by atoms with E-state index >= 15 is 0 Å². The number of anilines is 1. The first-order chi connectivity index (χ1) is 9.21. The van der Waals surface area contributed by atoms with E-state index in [1.54, 1.807) is 12.1 Å². The molecule has 0 radical (unpaired) electrons. The zero-order valence-corrected chi connectivity index (χ0v) is 10.6. The molecule has 0 atom stereocenters. The Morgan fingerprint density at radius 2 is 1.89 bits per heavy atom. The Morgan fingerprint density at radius 3 is 2.53 bits per heavy atom. The fourth-order valence-electron chi connectivity index (χ4n) is 1.52. The van der Waals surface area contributed by atoms with Crippen molar-refractivity contribution in [2.75, 3.05) is 5.32 Å². The van der Waals surface area contributed by atoms with Crippen LogP contribution < -0.4 is 5.32 Å². The van der Waals surface area contributed by atoms with Gasteiger partial charge in [-0.1, -0.05) is 6.07 Å². The van der Waals surface area contributed by atoms with Crippen LogP contribution in [0, 0.1) is 40.9 Å². The van der Waals surface area contributed by atoms with Crippen molar-refractivity contribution in [3.8, 4) is 18.2 Å². The highest BCUT2D eigenvalue weighted by molar-refractivity contribution is 7.00. The Hall–Kier alpha value is -2.95. The second-order valence-electron chi connectivity index (χ2n) is 3.60. The molecule has 0 aliphatic rings. The summed E-state index contributed by atoms with van der Waals surface area (Å²) in [6.45, 7) is 1.84. The SMILES string of the molecule is Cc1ccc2nsnc2c1NC(C#N)=C(C#N)C#N. The number of fused-ring (bicyclic) bond motifs is 1. The van der Waals surface area contributed by atoms with Crippen LogP contribution in [0.15, 0.2) is 23.4 Å². The van der Waals surface area contributed by atoms with Gasteiger partial charge in [-0.25, -0.2) is 0 Å². The van der Waals surface area contributed by atoms with E-state index in [9.17, 15) is 0 Å². The number of aromatic nitrogens is 2. The van der Waals surface area contributed by atoms with Crippen molar-refractivity contribution in [2.24, 2.45) is 0 Å². The summed E-state index contributed by atoms with van der Waals surface area (Å²) in [6.07, 6.45) is 0. The Kier molecular flexibility index (Phi) is 3.38. The topological polar surface area (TPSA) is 109 Å². The summed E-state index contributed by atoms with van der Waals surface area (Å²) >= 11 is 1.06. The first kappa shape index (κ1) is 12.5. The highest BCUT2D eigenvalue weighted by Gasteiger charge is 2.12. The molecule has 0 saturated heterocycles. The lowest BCUT2D eigenvalue weighted by molar-refractivity contribution is 1.35. The molecule has 0 spiro atoms. The number of rotatable bonds is 2. The smallest absolute Gasteiger partial charge is 0.163 e. The van der Waals surface area contributed by atoms with Crippen LogP contribution in [0.3, 0.4) is 0 Å². The minimum Gasteiger partial charge on any atom is -0.343 e. The number of nitriles is 3. The van der Waals surface area contributed by atoms with E-state index in [4.69, 9.17) is 15.8 Å². The van der Waals surface area contributed by atoms with E-state index in [2.05, 4.69) is 14.1 Å². The molecule has 1 heterocycles. The quantitative estimate of drug-likeness (QED) is 0.835. The number of hydrogen-bond donors (Lipinski definition) is 1. The fraction of sp³-hybridized carbons (Fsp3) is 0.0833. The summed E-state index contributed by atoms with van der Waals surface area (Å²) in [4.78, 5) is 0. The van der Waals surface area contributed by atoms with Gasteiger partial charge in [-0.2, -0.15) is 24.5 Å². The summed E-state index contributed by atoms with van der Waals surface area (Å²) < 4.78 is 8.25. The molecule has 0 aliphatic carbocycles. The number of benzene rings is 1. The maximum Gasteiger partial charge on any atom is 0.163 e. The zero-order chi connectivity index (χ0) is 13.8. The predicted molar refractivity (Wildman–Crippen MR) is 69.6 cm³/mol. The van der Waals surface area contributed by atoms with Crippen LogP contribution >= 0.6 is 11.7 Å². The van der Waals surface area contributed by atoms with Crippen molar-refractivity contribution in [3.05, 3.63) is 29.0 Å². The zero-order valence-electron chi connectivity index (χ0n) is 9.80. The van der Waals surface area contributed by atoms with Crippen LogP contribution in [0.4, 0.5) is 5.69 Å². The van der Waals surface area contributed by atoms with E-state index < -0.39 is 0 Å². The third kappa shape index (κ3) is 2.21. The molecule has 0 unspecified atom stereocenters. The van der Waals surface area contributed by atoms with Crippen LogP contribution in [-0.2, 0) is 0 Å². The number of nitrogens with one attached hydrogen (secondary N) is 1. The van der Waals surface area contributed by atoms with Gasteiger partial charge in [-0.3, -0.25) is 0 Å². The molecule has 1 aromatic carbocycles. The Balaban J connectivity index is 2.59. The van der Waals surface area contributed by atoms with Crippen molar-refractivity contribution in [1.29, 1.82) is 15.8 Å². The normalized spacial score (nSPS) is 9.16. The number of nitrogens with zero attached hydrogens (tertiary/aromatic N) is 5. The third-order valence-electron chi connectivity index (χ3n) is 2.47. The number of hydrogen-bond acceptors (Lipinski definition) is 7. The fourth-order valence-corrected chi connectivity index (χ4v) is 2.06. The molecular formula is C12H6N6S. The summed E-state index contributed by atoms with van der Waals surface area (Å²) in [7, 11) is 0. The first-order valence-electron chi connectivity index (χ1n) is 5.14. The molecule has 7 heteroatoms. The lowest BCUT2D eigenvalue weighted by Gasteiger charge is -2.08. The Labute approximate surface area is 113 Å². The van der Waals surface area contributed by atoms with Gasteiger partial charge < -0.3 is 5.32 Å². The van der Waals surface area contributed by atoms with E-state index in [1.807, 2.05) is 25.1 Å². The molecule has 2 aromatic rings. The van der Waals surface area contributed by atoms with Crippen molar-refractivity contribution in [1.82, 2.24) is 8.75 Å². The molecule has 6 nitrogen and oxygen atoms in total. The lowest BCUT2D eigenvalue weighted by atomic mass is 10.1. The molecule has 0 aliphatic heterocycles. The summed E-state index contributed by atoms with van der Waals surface area (Å²) in [6, 6.07) is 8.84. The molecule has 0 amide bonds. The first-order valence-corrected chi connectivity index (χ1v) is 5.87. The second kappa shape index (κ2) is 5.14. The largest absolute Gasteiger partial charge is 0.343 e. The molecule has 0 fully saturated rings. The summed E-state index contributed by atoms with van der Waals surface area (Å²) in [5, 5.41) is 29.4. The number of allylic oxidation sites excluding steroid dienone is 2. The van der Waals surface area contributed by atoms with Gasteiger partial charge in [0, 0.05) is 0 Å². The molecule has 0 saturated carbocycles. The van der Waals surface area contributed by atoms with E-state index in [0.717, 1.165) is 17.3 Å². The van der Waals surface area contributed by atoms with Gasteiger partial charge in [0.2, 0.25) is 0 Å². The molecule has 1 aromatic heterocycles. The average Bonchev–Trinajstić information content (AvgIpc) is 2.89. The highest BCUT2D eigenvalue weighted by Crippen LogP contribution is 2.27. The van der Waals surface area contributed by atoms with Gasteiger partial charge in [0.15, 0.2) is 5.57 Å². The van der Waals surface area contributed by atoms with Gasteiger partial charge >= 0.3 is 0 Å². The van der Waals surface area contributed by atoms with Crippen molar-refractivity contribution in [3.63, 3.8) is 0 Å². The molecule has 2 rings (SSSR count). The lowest BCUT2D eigenvalue weighted by Crippen LogP contribution is -2.03. The van der Waals surface area contributed by atoms with Crippen LogP contribution in [-0.4, -0.2) is 8.75 Å². The average molecular weight is 266 g/mol. The van der Waals surface area contributed by atoms with Crippen LogP contribution in [0.1, 0.15) is 5.56 Å². The summed E-state index contributed by atoms with van der Waals surface area (Å²) in [5.41, 5.74) is 2.41. The van der Waals surface area contributed by atoms with Gasteiger partial charge in [-0.05, 0) is 18.6 Å². The van der Waals surface area contributed by atoms with E-state index in [-0.39, 0.29) is 11.3 Å². The molecular weight excluding hydrogens is 260 g/mol. The maximum absolute atomic E-state index is 9.03. The third-order valence-corrected chi connectivity index (χ3v) is 3.01. The Morgan fingerprint density at radius 1 is 1.16 bits per heavy atom. The van der Waals surface area contributed by atoms with Crippen molar-refractivity contribution >= 4 is 28.4 Å². The predicted octanol–water partition coefficient (Wildman–Crippen LogP) is 2.24. The standard InChI is InChI=1S/C12H6N6S/c1-7-2-3-9-12(18-19-17-9)11(7)16-10(6-15)8(4-13)5-14/h2-3,16H,1H3. The van der Waals surface area contributed by atoms with Crippen LogP contribution in [0.25, 0.3) is 11.0 Å².